The van der Waals surface area contributed by atoms with Crippen LogP contribution in [0.1, 0.15) is 44.7 Å². The molecule has 0 aromatic heterocycles. The summed E-state index contributed by atoms with van der Waals surface area (Å²) < 4.78 is 5.78. The Labute approximate surface area is 109 Å². The summed E-state index contributed by atoms with van der Waals surface area (Å²) in [4.78, 5) is 0. The highest BCUT2D eigenvalue weighted by atomic mass is 16.5. The Balaban J connectivity index is 1.99. The van der Waals surface area contributed by atoms with Crippen LogP contribution in [0.4, 0.5) is 0 Å². The fraction of sp³-hybridized carbons (Fsp3) is 0.600. The fourth-order valence-corrected chi connectivity index (χ4v) is 2.57. The highest BCUT2D eigenvalue weighted by molar-refractivity contribution is 5.34. The van der Waals surface area contributed by atoms with E-state index in [1.54, 1.807) is 6.07 Å². The lowest BCUT2D eigenvalue weighted by Gasteiger charge is -2.27. The molecule has 18 heavy (non-hydrogen) atoms. The van der Waals surface area contributed by atoms with Crippen molar-refractivity contribution in [2.75, 3.05) is 13.2 Å². The largest absolute Gasteiger partial charge is 0.508 e. The summed E-state index contributed by atoms with van der Waals surface area (Å²) in [6, 6.07) is 7.73. The molecule has 2 unspecified atom stereocenters. The van der Waals surface area contributed by atoms with Gasteiger partial charge in [0.25, 0.3) is 0 Å². The monoisotopic (exact) mass is 249 g/mol. The van der Waals surface area contributed by atoms with Crippen molar-refractivity contribution in [3.63, 3.8) is 0 Å². The average molecular weight is 249 g/mol. The van der Waals surface area contributed by atoms with E-state index in [1.807, 2.05) is 18.2 Å². The molecule has 2 atom stereocenters. The molecule has 1 aliphatic heterocycles. The zero-order valence-corrected chi connectivity index (χ0v) is 11.3. The van der Waals surface area contributed by atoms with Crippen LogP contribution in [0.2, 0.25) is 0 Å². The standard InChI is InChI=1S/C15H23NO2/c1-3-13(12-7-4-5-8-14(12)17)16-11-15(2)9-6-10-18-15/h4-5,7-8,13,16-17H,3,6,9-11H2,1-2H3. The maximum atomic E-state index is 9.90. The number of ether oxygens (including phenoxy) is 1. The number of hydrogen-bond acceptors (Lipinski definition) is 3. The lowest BCUT2D eigenvalue weighted by molar-refractivity contribution is 0.0185. The van der Waals surface area contributed by atoms with Crippen LogP contribution < -0.4 is 5.32 Å². The Hall–Kier alpha value is -1.06. The van der Waals surface area contributed by atoms with Gasteiger partial charge in [-0.3, -0.25) is 0 Å². The maximum absolute atomic E-state index is 9.90. The van der Waals surface area contributed by atoms with Crippen LogP contribution in [0, 0.1) is 0 Å². The summed E-state index contributed by atoms with van der Waals surface area (Å²) in [5.41, 5.74) is 0.930. The zero-order valence-electron chi connectivity index (χ0n) is 11.3. The van der Waals surface area contributed by atoms with Crippen LogP contribution >= 0.6 is 0 Å². The molecule has 0 spiro atoms. The van der Waals surface area contributed by atoms with Gasteiger partial charge in [-0.15, -0.1) is 0 Å². The number of phenols is 1. The van der Waals surface area contributed by atoms with Crippen LogP contribution in [0.3, 0.4) is 0 Å². The summed E-state index contributed by atoms with van der Waals surface area (Å²) in [6.07, 6.45) is 3.20. The average Bonchev–Trinajstić information content (AvgIpc) is 2.79. The van der Waals surface area contributed by atoms with Crippen molar-refractivity contribution in [1.82, 2.24) is 5.32 Å². The molecule has 0 amide bonds. The lowest BCUT2D eigenvalue weighted by atomic mass is 9.99. The van der Waals surface area contributed by atoms with Crippen molar-refractivity contribution in [3.05, 3.63) is 29.8 Å². The Morgan fingerprint density at radius 1 is 1.44 bits per heavy atom. The molecule has 1 aliphatic rings. The maximum Gasteiger partial charge on any atom is 0.120 e. The van der Waals surface area contributed by atoms with Gasteiger partial charge in [-0.2, -0.15) is 0 Å². The number of hydrogen-bond donors (Lipinski definition) is 2. The smallest absolute Gasteiger partial charge is 0.120 e. The van der Waals surface area contributed by atoms with Gasteiger partial charge in [0, 0.05) is 24.8 Å². The summed E-state index contributed by atoms with van der Waals surface area (Å²) in [6.45, 7) is 5.98. The van der Waals surface area contributed by atoms with Gasteiger partial charge in [-0.25, -0.2) is 0 Å². The number of benzene rings is 1. The molecule has 0 radical (unpaired) electrons. The van der Waals surface area contributed by atoms with Crippen molar-refractivity contribution >= 4 is 0 Å². The number of aromatic hydroxyl groups is 1. The SMILES string of the molecule is CCC(NCC1(C)CCCO1)c1ccccc1O. The Morgan fingerprint density at radius 3 is 2.83 bits per heavy atom. The van der Waals surface area contributed by atoms with Crippen molar-refractivity contribution in [2.24, 2.45) is 0 Å². The van der Waals surface area contributed by atoms with E-state index in [1.165, 1.54) is 0 Å². The van der Waals surface area contributed by atoms with E-state index in [9.17, 15) is 5.11 Å². The number of rotatable bonds is 5. The van der Waals surface area contributed by atoms with Crippen molar-refractivity contribution in [1.29, 1.82) is 0 Å². The van der Waals surface area contributed by atoms with Crippen molar-refractivity contribution in [2.45, 2.75) is 44.8 Å². The fourth-order valence-electron chi connectivity index (χ4n) is 2.57. The molecule has 1 saturated heterocycles. The van der Waals surface area contributed by atoms with E-state index in [0.29, 0.717) is 5.75 Å². The van der Waals surface area contributed by atoms with Crippen LogP contribution in [-0.2, 0) is 4.74 Å². The second kappa shape index (κ2) is 5.72. The predicted octanol–water partition coefficient (Wildman–Crippen LogP) is 3.00. The van der Waals surface area contributed by atoms with Gasteiger partial charge in [-0.1, -0.05) is 25.1 Å². The summed E-state index contributed by atoms with van der Waals surface area (Å²) >= 11 is 0. The molecular weight excluding hydrogens is 226 g/mol. The molecule has 2 N–H and O–H groups in total. The summed E-state index contributed by atoms with van der Waals surface area (Å²) in [5.74, 6) is 0.370. The van der Waals surface area contributed by atoms with E-state index in [4.69, 9.17) is 4.74 Å². The highest BCUT2D eigenvalue weighted by Crippen LogP contribution is 2.28. The zero-order chi connectivity index (χ0) is 13.0. The molecule has 0 aliphatic carbocycles. The molecule has 0 saturated carbocycles. The number of phenolic OH excluding ortho intramolecular Hbond substituents is 1. The Kier molecular flexibility index (Phi) is 4.25. The van der Waals surface area contributed by atoms with Crippen LogP contribution in [0.5, 0.6) is 5.75 Å². The van der Waals surface area contributed by atoms with Gasteiger partial charge in [0.1, 0.15) is 5.75 Å². The van der Waals surface area contributed by atoms with Gasteiger partial charge < -0.3 is 15.2 Å². The quantitative estimate of drug-likeness (QED) is 0.843. The third-order valence-corrected chi connectivity index (χ3v) is 3.74. The molecule has 100 valence electrons. The number of para-hydroxylation sites is 1. The van der Waals surface area contributed by atoms with Gasteiger partial charge in [0.2, 0.25) is 0 Å². The van der Waals surface area contributed by atoms with Crippen molar-refractivity contribution in [3.8, 4) is 5.75 Å². The minimum atomic E-state index is -0.0438. The minimum Gasteiger partial charge on any atom is -0.508 e. The molecule has 1 aromatic carbocycles. The topological polar surface area (TPSA) is 41.5 Å². The van der Waals surface area contributed by atoms with Crippen LogP contribution in [0.25, 0.3) is 0 Å². The van der Waals surface area contributed by atoms with E-state index < -0.39 is 0 Å². The van der Waals surface area contributed by atoms with Gasteiger partial charge in [0.05, 0.1) is 5.60 Å². The first-order valence-corrected chi connectivity index (χ1v) is 6.80. The molecule has 3 nitrogen and oxygen atoms in total. The first kappa shape index (κ1) is 13.4. The molecular formula is C15H23NO2. The van der Waals surface area contributed by atoms with Crippen LogP contribution in [-0.4, -0.2) is 23.9 Å². The Bertz CT molecular complexity index is 386. The second-order valence-electron chi connectivity index (χ2n) is 5.30. The lowest BCUT2D eigenvalue weighted by Crippen LogP contribution is -2.38. The van der Waals surface area contributed by atoms with E-state index >= 15 is 0 Å². The molecule has 2 rings (SSSR count). The second-order valence-corrected chi connectivity index (χ2v) is 5.30. The third kappa shape index (κ3) is 3.03. The summed E-state index contributed by atoms with van der Waals surface area (Å²) in [5, 5.41) is 13.4. The van der Waals surface area contributed by atoms with E-state index in [-0.39, 0.29) is 11.6 Å². The minimum absolute atomic E-state index is 0.0438. The highest BCUT2D eigenvalue weighted by Gasteiger charge is 2.30. The van der Waals surface area contributed by atoms with Crippen LogP contribution in [0.15, 0.2) is 24.3 Å². The number of nitrogens with one attached hydrogen (secondary N) is 1. The van der Waals surface area contributed by atoms with Crippen molar-refractivity contribution < 1.29 is 9.84 Å². The molecule has 1 heterocycles. The summed E-state index contributed by atoms with van der Waals surface area (Å²) in [7, 11) is 0. The first-order valence-electron chi connectivity index (χ1n) is 6.80. The predicted molar refractivity (Wildman–Crippen MR) is 72.7 cm³/mol. The van der Waals surface area contributed by atoms with Gasteiger partial charge in [0.15, 0.2) is 0 Å². The normalized spacial score (nSPS) is 25.2. The Morgan fingerprint density at radius 2 is 2.22 bits per heavy atom. The van der Waals surface area contributed by atoms with Gasteiger partial charge >= 0.3 is 0 Å². The van der Waals surface area contributed by atoms with E-state index in [2.05, 4.69) is 19.2 Å². The molecule has 3 heteroatoms. The molecule has 1 fully saturated rings. The van der Waals surface area contributed by atoms with Gasteiger partial charge in [-0.05, 0) is 32.3 Å². The van der Waals surface area contributed by atoms with E-state index in [0.717, 1.165) is 38.0 Å². The molecule has 0 bridgehead atoms. The third-order valence-electron chi connectivity index (χ3n) is 3.74. The first-order chi connectivity index (χ1) is 8.64. The molecule has 1 aromatic rings.